The molecule has 1 N–H and O–H groups in total. The molecule has 0 spiro atoms. The summed E-state index contributed by atoms with van der Waals surface area (Å²) in [4.78, 5) is 12.8. The SMILES string of the molecule is COc1ccc(OC)c(-c2nnc(NC(=O)CSc3ccc(F)cc3)o2)c1. The van der Waals surface area contributed by atoms with Crippen molar-refractivity contribution in [3.8, 4) is 23.0 Å². The van der Waals surface area contributed by atoms with Gasteiger partial charge in [-0.05, 0) is 42.5 Å². The molecule has 0 aliphatic carbocycles. The molecule has 0 radical (unpaired) electrons. The molecule has 1 amide bonds. The molecule has 140 valence electrons. The fraction of sp³-hybridized carbons (Fsp3) is 0.167. The highest BCUT2D eigenvalue weighted by Gasteiger charge is 2.16. The number of thioether (sulfide) groups is 1. The molecule has 0 fully saturated rings. The van der Waals surface area contributed by atoms with Crippen LogP contribution in [0.4, 0.5) is 10.4 Å². The minimum atomic E-state index is -0.324. The number of hydrogen-bond acceptors (Lipinski definition) is 7. The molecule has 7 nitrogen and oxygen atoms in total. The molecular formula is C18H16FN3O4S. The number of benzene rings is 2. The molecule has 1 heterocycles. The monoisotopic (exact) mass is 389 g/mol. The molecule has 1 aromatic heterocycles. The lowest BCUT2D eigenvalue weighted by atomic mass is 10.2. The van der Waals surface area contributed by atoms with Crippen LogP contribution in [0, 0.1) is 5.82 Å². The number of nitrogens with zero attached hydrogens (tertiary/aromatic N) is 2. The van der Waals surface area contributed by atoms with Crippen molar-refractivity contribution in [1.82, 2.24) is 10.2 Å². The summed E-state index contributed by atoms with van der Waals surface area (Å²) in [6.45, 7) is 0. The van der Waals surface area contributed by atoms with E-state index in [0.717, 1.165) is 4.90 Å². The summed E-state index contributed by atoms with van der Waals surface area (Å²) in [5.41, 5.74) is 0.547. The van der Waals surface area contributed by atoms with Gasteiger partial charge < -0.3 is 13.9 Å². The summed E-state index contributed by atoms with van der Waals surface area (Å²) < 4.78 is 28.9. The Morgan fingerprint density at radius 1 is 1.15 bits per heavy atom. The van der Waals surface area contributed by atoms with E-state index in [0.29, 0.717) is 17.1 Å². The van der Waals surface area contributed by atoms with Gasteiger partial charge in [0.1, 0.15) is 17.3 Å². The Morgan fingerprint density at radius 3 is 2.63 bits per heavy atom. The average molecular weight is 389 g/mol. The first kappa shape index (κ1) is 18.7. The second kappa shape index (κ2) is 8.54. The highest BCUT2D eigenvalue weighted by Crippen LogP contribution is 2.33. The zero-order valence-electron chi connectivity index (χ0n) is 14.6. The van der Waals surface area contributed by atoms with E-state index in [9.17, 15) is 9.18 Å². The van der Waals surface area contributed by atoms with Gasteiger partial charge in [0.15, 0.2) is 0 Å². The molecule has 0 saturated carbocycles. The number of halogens is 1. The van der Waals surface area contributed by atoms with Gasteiger partial charge in [0, 0.05) is 4.90 Å². The number of rotatable bonds is 7. The van der Waals surface area contributed by atoms with Gasteiger partial charge in [0.25, 0.3) is 5.89 Å². The maximum atomic E-state index is 12.9. The second-order valence-electron chi connectivity index (χ2n) is 5.27. The van der Waals surface area contributed by atoms with Gasteiger partial charge in [-0.3, -0.25) is 10.1 Å². The number of carbonyl (C=O) groups excluding carboxylic acids is 1. The van der Waals surface area contributed by atoms with Gasteiger partial charge in [0.2, 0.25) is 5.91 Å². The Balaban J connectivity index is 1.65. The Kier molecular flexibility index (Phi) is 5.92. The average Bonchev–Trinajstić information content (AvgIpc) is 3.15. The molecular weight excluding hydrogens is 373 g/mol. The van der Waals surface area contributed by atoms with E-state index in [1.54, 1.807) is 37.4 Å². The first-order chi connectivity index (χ1) is 13.1. The lowest BCUT2D eigenvalue weighted by Crippen LogP contribution is -2.14. The molecule has 9 heteroatoms. The van der Waals surface area contributed by atoms with Crippen LogP contribution in [0.1, 0.15) is 0 Å². The molecule has 27 heavy (non-hydrogen) atoms. The number of anilines is 1. The normalized spacial score (nSPS) is 10.5. The molecule has 0 aliphatic rings. The van der Waals surface area contributed by atoms with E-state index in [1.807, 2.05) is 0 Å². The predicted octanol–water partition coefficient (Wildman–Crippen LogP) is 3.62. The number of ether oxygens (including phenoxy) is 2. The summed E-state index contributed by atoms with van der Waals surface area (Å²) in [6.07, 6.45) is 0. The molecule has 3 rings (SSSR count). The summed E-state index contributed by atoms with van der Waals surface area (Å²) in [5, 5.41) is 10.3. The largest absolute Gasteiger partial charge is 0.497 e. The first-order valence-corrected chi connectivity index (χ1v) is 8.81. The topological polar surface area (TPSA) is 86.5 Å². The van der Waals surface area contributed by atoms with Gasteiger partial charge in [-0.1, -0.05) is 5.10 Å². The van der Waals surface area contributed by atoms with Gasteiger partial charge in [-0.2, -0.15) is 0 Å². The molecule has 0 unspecified atom stereocenters. The Labute approximate surface area is 158 Å². The van der Waals surface area contributed by atoms with Gasteiger partial charge in [-0.15, -0.1) is 16.9 Å². The smallest absolute Gasteiger partial charge is 0.322 e. The summed E-state index contributed by atoms with van der Waals surface area (Å²) in [6, 6.07) is 11.0. The van der Waals surface area contributed by atoms with Crippen molar-refractivity contribution in [2.24, 2.45) is 0 Å². The second-order valence-corrected chi connectivity index (χ2v) is 6.32. The fourth-order valence-corrected chi connectivity index (χ4v) is 2.90. The van der Waals surface area contributed by atoms with E-state index in [2.05, 4.69) is 15.5 Å². The number of aromatic nitrogens is 2. The highest BCUT2D eigenvalue weighted by atomic mass is 32.2. The quantitative estimate of drug-likeness (QED) is 0.618. The van der Waals surface area contributed by atoms with Gasteiger partial charge >= 0.3 is 6.01 Å². The van der Waals surface area contributed by atoms with Crippen LogP contribution in [0.2, 0.25) is 0 Å². The Bertz CT molecular complexity index is 931. The van der Waals surface area contributed by atoms with E-state index >= 15 is 0 Å². The number of carbonyl (C=O) groups is 1. The van der Waals surface area contributed by atoms with Crippen molar-refractivity contribution < 1.29 is 23.1 Å². The number of nitrogens with one attached hydrogen (secondary N) is 1. The molecule has 0 aliphatic heterocycles. The molecule has 2 aromatic carbocycles. The van der Waals surface area contributed by atoms with Crippen LogP contribution in [0.15, 0.2) is 51.8 Å². The summed E-state index contributed by atoms with van der Waals surface area (Å²) in [7, 11) is 3.07. The van der Waals surface area contributed by atoms with Crippen molar-refractivity contribution in [3.05, 3.63) is 48.3 Å². The minimum absolute atomic E-state index is 0.0282. The predicted molar refractivity (Wildman–Crippen MR) is 98.6 cm³/mol. The lowest BCUT2D eigenvalue weighted by Gasteiger charge is -2.07. The zero-order chi connectivity index (χ0) is 19.2. The van der Waals surface area contributed by atoms with Crippen molar-refractivity contribution in [3.63, 3.8) is 0 Å². The molecule has 0 atom stereocenters. The van der Waals surface area contributed by atoms with E-state index in [1.165, 1.54) is 31.0 Å². The van der Waals surface area contributed by atoms with E-state index in [4.69, 9.17) is 13.9 Å². The van der Waals surface area contributed by atoms with Crippen LogP contribution in [0.25, 0.3) is 11.5 Å². The van der Waals surface area contributed by atoms with Gasteiger partial charge in [-0.25, -0.2) is 4.39 Å². The summed E-state index contributed by atoms with van der Waals surface area (Å²) >= 11 is 1.27. The Hall–Kier alpha value is -3.07. The molecule has 0 saturated heterocycles. The number of methoxy groups -OCH3 is 2. The van der Waals surface area contributed by atoms with Crippen LogP contribution in [-0.2, 0) is 4.79 Å². The maximum absolute atomic E-state index is 12.9. The number of hydrogen-bond donors (Lipinski definition) is 1. The van der Waals surface area contributed by atoms with Crippen molar-refractivity contribution in [1.29, 1.82) is 0 Å². The van der Waals surface area contributed by atoms with Crippen LogP contribution >= 0.6 is 11.8 Å². The highest BCUT2D eigenvalue weighted by molar-refractivity contribution is 8.00. The third kappa shape index (κ3) is 4.76. The number of amides is 1. The van der Waals surface area contributed by atoms with Crippen LogP contribution in [0.3, 0.4) is 0 Å². The van der Waals surface area contributed by atoms with Crippen LogP contribution in [-0.4, -0.2) is 36.1 Å². The van der Waals surface area contributed by atoms with Crippen molar-refractivity contribution in [2.75, 3.05) is 25.3 Å². The third-order valence-corrected chi connectivity index (χ3v) is 4.50. The van der Waals surface area contributed by atoms with Crippen LogP contribution in [0.5, 0.6) is 11.5 Å². The lowest BCUT2D eigenvalue weighted by molar-refractivity contribution is -0.113. The van der Waals surface area contributed by atoms with E-state index < -0.39 is 0 Å². The van der Waals surface area contributed by atoms with Crippen LogP contribution < -0.4 is 14.8 Å². The standard InChI is InChI=1S/C18H16FN3O4S/c1-24-12-5-8-15(25-2)14(9-12)17-21-22-18(26-17)20-16(23)10-27-13-6-3-11(19)4-7-13/h3-9H,10H2,1-2H3,(H,20,22,23). The zero-order valence-corrected chi connectivity index (χ0v) is 15.4. The first-order valence-electron chi connectivity index (χ1n) is 7.83. The molecule has 0 bridgehead atoms. The third-order valence-electron chi connectivity index (χ3n) is 3.49. The Morgan fingerprint density at radius 2 is 1.93 bits per heavy atom. The molecule has 3 aromatic rings. The fourth-order valence-electron chi connectivity index (χ4n) is 2.20. The maximum Gasteiger partial charge on any atom is 0.322 e. The van der Waals surface area contributed by atoms with E-state index in [-0.39, 0.29) is 29.4 Å². The van der Waals surface area contributed by atoms with Gasteiger partial charge in [0.05, 0.1) is 25.5 Å². The van der Waals surface area contributed by atoms with Crippen molar-refractivity contribution in [2.45, 2.75) is 4.90 Å². The van der Waals surface area contributed by atoms with Crippen molar-refractivity contribution >= 4 is 23.7 Å². The minimum Gasteiger partial charge on any atom is -0.497 e. The summed E-state index contributed by atoms with van der Waals surface area (Å²) in [5.74, 6) is 0.792.